The summed E-state index contributed by atoms with van der Waals surface area (Å²) < 4.78 is 0. The van der Waals surface area contributed by atoms with Crippen molar-refractivity contribution in [3.63, 3.8) is 0 Å². The summed E-state index contributed by atoms with van der Waals surface area (Å²) in [6.45, 7) is 4.48. The van der Waals surface area contributed by atoms with Gasteiger partial charge in [0.1, 0.15) is 0 Å². The molecule has 0 radical (unpaired) electrons. The van der Waals surface area contributed by atoms with Crippen LogP contribution in [0.25, 0.3) is 0 Å². The number of unbranched alkanes of at least 4 members (excludes halogenated alkanes) is 1. The third-order valence-electron chi connectivity index (χ3n) is 4.07. The van der Waals surface area contributed by atoms with E-state index in [0.29, 0.717) is 5.92 Å². The fraction of sp³-hybridized carbons (Fsp3) is 1.00. The van der Waals surface area contributed by atoms with E-state index < -0.39 is 5.60 Å². The Balaban J connectivity index is 2.42. The first kappa shape index (κ1) is 14.0. The molecule has 1 aliphatic carbocycles. The second-order valence-corrected chi connectivity index (χ2v) is 5.70. The van der Waals surface area contributed by atoms with Crippen molar-refractivity contribution in [3.05, 3.63) is 0 Å². The molecule has 0 aromatic carbocycles. The first-order valence-electron chi connectivity index (χ1n) is 7.07. The van der Waals surface area contributed by atoms with Crippen LogP contribution in [0.15, 0.2) is 0 Å². The van der Waals surface area contributed by atoms with Gasteiger partial charge in [-0.05, 0) is 38.0 Å². The molecule has 0 spiro atoms. The molecule has 0 aromatic rings. The molecule has 0 heterocycles. The second kappa shape index (κ2) is 6.61. The molecule has 2 heteroatoms. The molecule has 0 saturated heterocycles. The molecule has 0 aromatic heterocycles. The summed E-state index contributed by atoms with van der Waals surface area (Å²) >= 11 is 0. The van der Waals surface area contributed by atoms with Crippen LogP contribution < -0.4 is 5.73 Å². The summed E-state index contributed by atoms with van der Waals surface area (Å²) in [4.78, 5) is 0. The zero-order chi connectivity index (χ0) is 12.0. The van der Waals surface area contributed by atoms with Crippen molar-refractivity contribution in [2.75, 3.05) is 0 Å². The molecule has 0 amide bonds. The molecular weight excluding hydrogens is 198 g/mol. The van der Waals surface area contributed by atoms with Crippen LogP contribution in [0.2, 0.25) is 0 Å². The maximum Gasteiger partial charge on any atom is 0.0665 e. The molecule has 0 aliphatic heterocycles. The molecule has 1 rings (SSSR count). The predicted octanol–water partition coefficient (Wildman–Crippen LogP) is 3.23. The normalized spacial score (nSPS) is 32.6. The molecule has 0 bridgehead atoms. The Bertz CT molecular complexity index is 195. The van der Waals surface area contributed by atoms with E-state index in [1.54, 1.807) is 0 Å². The third-order valence-corrected chi connectivity index (χ3v) is 4.07. The van der Waals surface area contributed by atoms with Gasteiger partial charge in [-0.25, -0.2) is 0 Å². The standard InChI is InChI=1S/C14H29NO/c1-3-5-7-12(4-2)10-14(16)9-6-8-13(15)11-14/h12-13,16H,3-11,15H2,1-2H3. The number of aliphatic hydroxyl groups is 1. The van der Waals surface area contributed by atoms with Crippen molar-refractivity contribution in [3.8, 4) is 0 Å². The van der Waals surface area contributed by atoms with Crippen molar-refractivity contribution in [2.24, 2.45) is 11.7 Å². The van der Waals surface area contributed by atoms with Crippen molar-refractivity contribution < 1.29 is 5.11 Å². The van der Waals surface area contributed by atoms with E-state index in [-0.39, 0.29) is 6.04 Å². The van der Waals surface area contributed by atoms with Gasteiger partial charge in [0.2, 0.25) is 0 Å². The molecule has 2 nitrogen and oxygen atoms in total. The van der Waals surface area contributed by atoms with E-state index in [1.165, 1.54) is 25.7 Å². The molecule has 96 valence electrons. The van der Waals surface area contributed by atoms with E-state index in [1.807, 2.05) is 0 Å². The second-order valence-electron chi connectivity index (χ2n) is 5.70. The maximum atomic E-state index is 10.6. The smallest absolute Gasteiger partial charge is 0.0665 e. The van der Waals surface area contributed by atoms with Crippen LogP contribution in [-0.2, 0) is 0 Å². The lowest BCUT2D eigenvalue weighted by Gasteiger charge is -2.37. The SMILES string of the molecule is CCCCC(CC)CC1(O)CCCC(N)C1. The minimum atomic E-state index is -0.452. The van der Waals surface area contributed by atoms with Gasteiger partial charge in [-0.3, -0.25) is 0 Å². The average molecular weight is 227 g/mol. The first-order valence-corrected chi connectivity index (χ1v) is 7.07. The molecule has 16 heavy (non-hydrogen) atoms. The van der Waals surface area contributed by atoms with E-state index >= 15 is 0 Å². The van der Waals surface area contributed by atoms with Crippen LogP contribution in [0.1, 0.15) is 71.6 Å². The Morgan fingerprint density at radius 2 is 2.19 bits per heavy atom. The van der Waals surface area contributed by atoms with Crippen LogP contribution in [0.5, 0.6) is 0 Å². The summed E-state index contributed by atoms with van der Waals surface area (Å²) in [6, 6.07) is 0.224. The summed E-state index contributed by atoms with van der Waals surface area (Å²) in [5.74, 6) is 0.690. The zero-order valence-electron chi connectivity index (χ0n) is 11.0. The molecule has 1 fully saturated rings. The molecule has 1 saturated carbocycles. The number of hydrogen-bond acceptors (Lipinski definition) is 2. The Hall–Kier alpha value is -0.0800. The third kappa shape index (κ3) is 4.42. The highest BCUT2D eigenvalue weighted by Crippen LogP contribution is 2.35. The Labute approximate surface area is 101 Å². The van der Waals surface area contributed by atoms with Crippen molar-refractivity contribution in [2.45, 2.75) is 83.3 Å². The van der Waals surface area contributed by atoms with Gasteiger partial charge >= 0.3 is 0 Å². The van der Waals surface area contributed by atoms with E-state index in [4.69, 9.17) is 5.73 Å². The van der Waals surface area contributed by atoms with Crippen molar-refractivity contribution in [1.29, 1.82) is 0 Å². The number of hydrogen-bond donors (Lipinski definition) is 2. The zero-order valence-corrected chi connectivity index (χ0v) is 11.0. The maximum absolute atomic E-state index is 10.6. The number of rotatable bonds is 6. The van der Waals surface area contributed by atoms with Gasteiger partial charge in [0.05, 0.1) is 5.60 Å². The van der Waals surface area contributed by atoms with Gasteiger partial charge in [0.15, 0.2) is 0 Å². The van der Waals surface area contributed by atoms with E-state index in [2.05, 4.69) is 13.8 Å². The highest BCUT2D eigenvalue weighted by atomic mass is 16.3. The van der Waals surface area contributed by atoms with Gasteiger partial charge in [-0.1, -0.05) is 39.5 Å². The fourth-order valence-corrected chi connectivity index (χ4v) is 3.05. The van der Waals surface area contributed by atoms with Gasteiger partial charge < -0.3 is 10.8 Å². The minimum absolute atomic E-state index is 0.224. The summed E-state index contributed by atoms with van der Waals surface area (Å²) in [5.41, 5.74) is 5.52. The molecule has 1 aliphatic rings. The van der Waals surface area contributed by atoms with E-state index in [0.717, 1.165) is 32.1 Å². The highest BCUT2D eigenvalue weighted by molar-refractivity contribution is 4.89. The Kier molecular flexibility index (Phi) is 5.77. The molecule has 3 unspecified atom stereocenters. The Morgan fingerprint density at radius 1 is 1.44 bits per heavy atom. The lowest BCUT2D eigenvalue weighted by atomic mass is 9.75. The van der Waals surface area contributed by atoms with Crippen molar-refractivity contribution in [1.82, 2.24) is 0 Å². The van der Waals surface area contributed by atoms with Crippen LogP contribution in [-0.4, -0.2) is 16.7 Å². The molecule has 3 N–H and O–H groups in total. The lowest BCUT2D eigenvalue weighted by Crippen LogP contribution is -2.42. The highest BCUT2D eigenvalue weighted by Gasteiger charge is 2.34. The van der Waals surface area contributed by atoms with Gasteiger partial charge in [0, 0.05) is 6.04 Å². The van der Waals surface area contributed by atoms with Gasteiger partial charge in [0.25, 0.3) is 0 Å². The minimum Gasteiger partial charge on any atom is -0.390 e. The average Bonchev–Trinajstić information content (AvgIpc) is 2.23. The first-order chi connectivity index (χ1) is 7.59. The molecular formula is C14H29NO. The summed E-state index contributed by atoms with van der Waals surface area (Å²) in [7, 11) is 0. The Morgan fingerprint density at radius 3 is 2.75 bits per heavy atom. The topological polar surface area (TPSA) is 46.2 Å². The van der Waals surface area contributed by atoms with Crippen LogP contribution in [0.4, 0.5) is 0 Å². The van der Waals surface area contributed by atoms with Gasteiger partial charge in [-0.15, -0.1) is 0 Å². The quantitative estimate of drug-likeness (QED) is 0.732. The van der Waals surface area contributed by atoms with Crippen molar-refractivity contribution >= 4 is 0 Å². The van der Waals surface area contributed by atoms with Crippen LogP contribution >= 0.6 is 0 Å². The largest absolute Gasteiger partial charge is 0.390 e. The predicted molar refractivity (Wildman–Crippen MR) is 69.3 cm³/mol. The van der Waals surface area contributed by atoms with Crippen LogP contribution in [0, 0.1) is 5.92 Å². The van der Waals surface area contributed by atoms with Crippen LogP contribution in [0.3, 0.4) is 0 Å². The molecule has 3 atom stereocenters. The van der Waals surface area contributed by atoms with Gasteiger partial charge in [-0.2, -0.15) is 0 Å². The fourth-order valence-electron chi connectivity index (χ4n) is 3.05. The summed E-state index contributed by atoms with van der Waals surface area (Å²) in [5, 5.41) is 10.6. The monoisotopic (exact) mass is 227 g/mol. The number of nitrogens with two attached hydrogens (primary N) is 1. The lowest BCUT2D eigenvalue weighted by molar-refractivity contribution is -0.0248. The van der Waals surface area contributed by atoms with E-state index in [9.17, 15) is 5.11 Å². The summed E-state index contributed by atoms with van der Waals surface area (Å²) in [6.07, 6.45) is 9.95.